The van der Waals surface area contributed by atoms with E-state index in [0.717, 1.165) is 17.2 Å². The van der Waals surface area contributed by atoms with Crippen LogP contribution in [0.5, 0.6) is 0 Å². The number of nitrogens with one attached hydrogen (secondary N) is 1. The van der Waals surface area contributed by atoms with Gasteiger partial charge in [0.1, 0.15) is 11.5 Å². The van der Waals surface area contributed by atoms with Gasteiger partial charge in [-0.05, 0) is 31.2 Å². The van der Waals surface area contributed by atoms with Gasteiger partial charge in [0.25, 0.3) is 5.91 Å². The van der Waals surface area contributed by atoms with Crippen molar-refractivity contribution in [3.05, 3.63) is 75.8 Å². The van der Waals surface area contributed by atoms with E-state index < -0.39 is 0 Å². The maximum Gasteiger partial charge on any atom is 0.276 e. The summed E-state index contributed by atoms with van der Waals surface area (Å²) in [6.07, 6.45) is 0.709. The molecule has 3 aromatic rings. The molecule has 128 valence electrons. The zero-order valence-corrected chi connectivity index (χ0v) is 15.4. The van der Waals surface area contributed by atoms with Gasteiger partial charge in [0, 0.05) is 12.1 Å². The van der Waals surface area contributed by atoms with Crippen LogP contribution in [0.25, 0.3) is 5.69 Å². The van der Waals surface area contributed by atoms with Gasteiger partial charge in [0.2, 0.25) is 0 Å². The van der Waals surface area contributed by atoms with Crippen LogP contribution < -0.4 is 5.32 Å². The quantitative estimate of drug-likeness (QED) is 0.673. The number of amides is 1. The van der Waals surface area contributed by atoms with E-state index in [2.05, 4.69) is 10.3 Å². The Morgan fingerprint density at radius 3 is 2.52 bits per heavy atom. The summed E-state index contributed by atoms with van der Waals surface area (Å²) in [4.78, 5) is 17.3. The summed E-state index contributed by atoms with van der Waals surface area (Å²) >= 11 is 12.2. The number of benzene rings is 2. The summed E-state index contributed by atoms with van der Waals surface area (Å²) in [6, 6.07) is 15.0. The smallest absolute Gasteiger partial charge is 0.276 e. The molecule has 0 spiro atoms. The molecule has 0 unspecified atom stereocenters. The topological polar surface area (TPSA) is 46.9 Å². The van der Waals surface area contributed by atoms with Crippen LogP contribution in [-0.2, 0) is 6.42 Å². The monoisotopic (exact) mass is 373 g/mol. The number of carbonyl (C=O) groups excluding carboxylic acids is 1. The van der Waals surface area contributed by atoms with Crippen LogP contribution in [-0.4, -0.2) is 15.5 Å². The van der Waals surface area contributed by atoms with Gasteiger partial charge < -0.3 is 9.88 Å². The number of hydrogen-bond acceptors (Lipinski definition) is 2. The zero-order chi connectivity index (χ0) is 18.0. The van der Waals surface area contributed by atoms with Crippen molar-refractivity contribution < 1.29 is 4.79 Å². The Kier molecular flexibility index (Phi) is 5.11. The fraction of sp³-hybridized carbons (Fsp3) is 0.158. The van der Waals surface area contributed by atoms with Crippen molar-refractivity contribution in [2.24, 2.45) is 0 Å². The van der Waals surface area contributed by atoms with Crippen molar-refractivity contribution in [3.63, 3.8) is 0 Å². The summed E-state index contributed by atoms with van der Waals surface area (Å²) < 4.78 is 1.99. The Morgan fingerprint density at radius 2 is 1.84 bits per heavy atom. The number of aryl methyl sites for hydroxylation is 1. The largest absolute Gasteiger partial charge is 0.319 e. The summed E-state index contributed by atoms with van der Waals surface area (Å²) in [7, 11) is 0. The van der Waals surface area contributed by atoms with E-state index in [-0.39, 0.29) is 5.91 Å². The summed E-state index contributed by atoms with van der Waals surface area (Å²) in [5.74, 6) is 0.511. The number of nitrogens with zero attached hydrogens (tertiary/aromatic N) is 2. The van der Waals surface area contributed by atoms with E-state index in [1.165, 1.54) is 0 Å². The standard InChI is InChI=1S/C19H17Cl2N3O/c1-3-16-23-18(12(2)24(16)13-8-5-4-6-9-13)19(25)22-15-11-7-10-14(20)17(15)21/h4-11H,3H2,1-2H3,(H,22,25). The third-order valence-corrected chi connectivity index (χ3v) is 4.74. The molecule has 0 radical (unpaired) electrons. The lowest BCUT2D eigenvalue weighted by molar-refractivity contribution is 0.102. The molecule has 0 aliphatic rings. The molecule has 3 rings (SSSR count). The Labute approximate surface area is 156 Å². The van der Waals surface area contributed by atoms with Crippen LogP contribution in [0.15, 0.2) is 48.5 Å². The molecule has 4 nitrogen and oxygen atoms in total. The lowest BCUT2D eigenvalue weighted by atomic mass is 10.2. The summed E-state index contributed by atoms with van der Waals surface area (Å²) in [6.45, 7) is 3.89. The fourth-order valence-electron chi connectivity index (χ4n) is 2.71. The summed E-state index contributed by atoms with van der Waals surface area (Å²) in [5.41, 5.74) is 2.59. The van der Waals surface area contributed by atoms with Crippen LogP contribution in [0.3, 0.4) is 0 Å². The van der Waals surface area contributed by atoms with Gasteiger partial charge in [-0.1, -0.05) is 54.4 Å². The predicted octanol–water partition coefficient (Wildman–Crippen LogP) is 5.30. The number of halogens is 2. The highest BCUT2D eigenvalue weighted by molar-refractivity contribution is 6.44. The minimum Gasteiger partial charge on any atom is -0.319 e. The van der Waals surface area contributed by atoms with Gasteiger partial charge >= 0.3 is 0 Å². The van der Waals surface area contributed by atoms with Crippen molar-refractivity contribution >= 4 is 34.8 Å². The molecule has 0 bridgehead atoms. The number of carbonyl (C=O) groups is 1. The van der Waals surface area contributed by atoms with E-state index in [9.17, 15) is 4.79 Å². The van der Waals surface area contributed by atoms with Crippen molar-refractivity contribution in [2.75, 3.05) is 5.32 Å². The van der Waals surface area contributed by atoms with E-state index >= 15 is 0 Å². The second kappa shape index (κ2) is 7.30. The normalized spacial score (nSPS) is 10.7. The number of imidazole rings is 1. The third-order valence-electron chi connectivity index (χ3n) is 3.92. The van der Waals surface area contributed by atoms with Gasteiger partial charge in [-0.2, -0.15) is 0 Å². The molecule has 0 saturated carbocycles. The average molecular weight is 374 g/mol. The molecular formula is C19H17Cl2N3O. The van der Waals surface area contributed by atoms with Crippen molar-refractivity contribution in [1.29, 1.82) is 0 Å². The Morgan fingerprint density at radius 1 is 1.12 bits per heavy atom. The van der Waals surface area contributed by atoms with Crippen LogP contribution in [0, 0.1) is 6.92 Å². The van der Waals surface area contributed by atoms with Crippen molar-refractivity contribution in [1.82, 2.24) is 9.55 Å². The Hall–Kier alpha value is -2.30. The fourth-order valence-corrected chi connectivity index (χ4v) is 3.06. The first-order valence-electron chi connectivity index (χ1n) is 7.92. The van der Waals surface area contributed by atoms with Gasteiger partial charge in [0.15, 0.2) is 0 Å². The van der Waals surface area contributed by atoms with Gasteiger partial charge in [0.05, 0.1) is 21.4 Å². The van der Waals surface area contributed by atoms with Crippen LogP contribution in [0.4, 0.5) is 5.69 Å². The lowest BCUT2D eigenvalue weighted by Gasteiger charge is -2.09. The second-order valence-electron chi connectivity index (χ2n) is 5.54. The molecule has 6 heteroatoms. The van der Waals surface area contributed by atoms with E-state index in [4.69, 9.17) is 23.2 Å². The van der Waals surface area contributed by atoms with Crippen LogP contribution in [0.2, 0.25) is 10.0 Å². The third kappa shape index (κ3) is 3.41. The molecule has 1 amide bonds. The maximum absolute atomic E-state index is 12.7. The number of para-hydroxylation sites is 1. The second-order valence-corrected chi connectivity index (χ2v) is 6.33. The lowest BCUT2D eigenvalue weighted by Crippen LogP contribution is -2.14. The number of hydrogen-bond donors (Lipinski definition) is 1. The molecule has 0 fully saturated rings. The molecule has 0 aliphatic heterocycles. The molecule has 0 aliphatic carbocycles. The molecule has 0 atom stereocenters. The first-order valence-corrected chi connectivity index (χ1v) is 8.67. The Bertz CT molecular complexity index is 920. The predicted molar refractivity (Wildman–Crippen MR) is 102 cm³/mol. The minimum absolute atomic E-state index is 0.313. The first kappa shape index (κ1) is 17.5. The highest BCUT2D eigenvalue weighted by Gasteiger charge is 2.20. The van der Waals surface area contributed by atoms with E-state index in [0.29, 0.717) is 27.8 Å². The van der Waals surface area contributed by atoms with Gasteiger partial charge in [-0.25, -0.2) is 4.98 Å². The molecule has 1 N–H and O–H groups in total. The molecule has 25 heavy (non-hydrogen) atoms. The molecular weight excluding hydrogens is 357 g/mol. The molecule has 0 saturated heterocycles. The maximum atomic E-state index is 12.7. The van der Waals surface area contributed by atoms with Crippen LogP contribution in [0.1, 0.15) is 28.9 Å². The van der Waals surface area contributed by atoms with Gasteiger partial charge in [-0.15, -0.1) is 0 Å². The average Bonchev–Trinajstić information content (AvgIpc) is 2.96. The first-order chi connectivity index (χ1) is 12.0. The molecule has 2 aromatic carbocycles. The van der Waals surface area contributed by atoms with Gasteiger partial charge in [-0.3, -0.25) is 4.79 Å². The van der Waals surface area contributed by atoms with Crippen molar-refractivity contribution in [2.45, 2.75) is 20.3 Å². The molecule has 1 aromatic heterocycles. The Balaban J connectivity index is 1.99. The van der Waals surface area contributed by atoms with E-state index in [1.807, 2.05) is 48.7 Å². The van der Waals surface area contributed by atoms with E-state index in [1.54, 1.807) is 18.2 Å². The highest BCUT2D eigenvalue weighted by Crippen LogP contribution is 2.30. The summed E-state index contributed by atoms with van der Waals surface area (Å²) in [5, 5.41) is 3.50. The zero-order valence-electron chi connectivity index (χ0n) is 13.9. The minimum atomic E-state index is -0.314. The number of aromatic nitrogens is 2. The SMILES string of the molecule is CCc1nc(C(=O)Nc2cccc(Cl)c2Cl)c(C)n1-c1ccccc1. The number of rotatable bonds is 4. The van der Waals surface area contributed by atoms with Crippen molar-refractivity contribution in [3.8, 4) is 5.69 Å². The molecule has 1 heterocycles. The highest BCUT2D eigenvalue weighted by atomic mass is 35.5. The number of anilines is 1. The van der Waals surface area contributed by atoms with Crippen LogP contribution >= 0.6 is 23.2 Å².